The van der Waals surface area contributed by atoms with Gasteiger partial charge in [-0.3, -0.25) is 9.59 Å². The van der Waals surface area contributed by atoms with E-state index in [4.69, 9.17) is 4.42 Å². The second-order valence-corrected chi connectivity index (χ2v) is 8.09. The Morgan fingerprint density at radius 2 is 1.88 bits per heavy atom. The van der Waals surface area contributed by atoms with Gasteiger partial charge in [0.1, 0.15) is 17.2 Å². The van der Waals surface area contributed by atoms with Gasteiger partial charge in [0, 0.05) is 36.5 Å². The molecule has 1 aliphatic heterocycles. The van der Waals surface area contributed by atoms with Crippen LogP contribution in [-0.4, -0.2) is 29.1 Å². The van der Waals surface area contributed by atoms with Crippen molar-refractivity contribution in [1.29, 1.82) is 0 Å². The molecule has 7 nitrogen and oxygen atoms in total. The molecule has 5 rings (SSSR count). The number of furan rings is 1. The number of hydrazone groups is 1. The SMILES string of the molecule is Cc1ccc(C(CNC(=O)C2=NN(c3ccccc3)C(=O)CC2)c2c[nH]c3ccccc23)o1. The van der Waals surface area contributed by atoms with E-state index in [2.05, 4.69) is 21.5 Å². The van der Waals surface area contributed by atoms with Crippen molar-refractivity contribution in [3.05, 3.63) is 90.0 Å². The lowest BCUT2D eigenvalue weighted by Crippen LogP contribution is -2.40. The molecule has 2 aromatic carbocycles. The van der Waals surface area contributed by atoms with E-state index >= 15 is 0 Å². The minimum Gasteiger partial charge on any atom is -0.466 e. The van der Waals surface area contributed by atoms with Gasteiger partial charge in [-0.05, 0) is 42.8 Å². The molecule has 3 heterocycles. The Kier molecular flexibility index (Phi) is 5.52. The second-order valence-electron chi connectivity index (χ2n) is 8.09. The van der Waals surface area contributed by atoms with E-state index in [1.54, 1.807) is 12.1 Å². The molecular formula is C26H24N4O3. The lowest BCUT2D eigenvalue weighted by Gasteiger charge is -2.23. The zero-order valence-electron chi connectivity index (χ0n) is 18.2. The molecule has 0 fully saturated rings. The van der Waals surface area contributed by atoms with Crippen LogP contribution in [0.2, 0.25) is 0 Å². The Hall–Kier alpha value is -4.13. The summed E-state index contributed by atoms with van der Waals surface area (Å²) in [6.07, 6.45) is 2.52. The number of fused-ring (bicyclic) bond motifs is 1. The van der Waals surface area contributed by atoms with E-state index in [0.717, 1.165) is 28.0 Å². The van der Waals surface area contributed by atoms with Gasteiger partial charge in [-0.15, -0.1) is 0 Å². The van der Waals surface area contributed by atoms with E-state index in [1.807, 2.05) is 61.7 Å². The molecule has 0 aliphatic carbocycles. The van der Waals surface area contributed by atoms with Crippen LogP contribution in [0.25, 0.3) is 10.9 Å². The molecule has 0 spiro atoms. The maximum Gasteiger partial charge on any atom is 0.267 e. The number of nitrogens with zero attached hydrogens (tertiary/aromatic N) is 2. The summed E-state index contributed by atoms with van der Waals surface area (Å²) in [4.78, 5) is 28.7. The summed E-state index contributed by atoms with van der Waals surface area (Å²) < 4.78 is 5.94. The number of benzene rings is 2. The van der Waals surface area contributed by atoms with Crippen molar-refractivity contribution in [3.63, 3.8) is 0 Å². The predicted molar refractivity (Wildman–Crippen MR) is 127 cm³/mol. The first-order valence-corrected chi connectivity index (χ1v) is 11.0. The molecule has 1 unspecified atom stereocenters. The van der Waals surface area contributed by atoms with Crippen molar-refractivity contribution in [2.24, 2.45) is 5.10 Å². The molecular weight excluding hydrogens is 416 g/mol. The molecule has 166 valence electrons. The molecule has 0 bridgehead atoms. The predicted octanol–water partition coefficient (Wildman–Crippen LogP) is 4.50. The number of aryl methyl sites for hydroxylation is 1. The third-order valence-corrected chi connectivity index (χ3v) is 5.86. The summed E-state index contributed by atoms with van der Waals surface area (Å²) in [6.45, 7) is 2.24. The quantitative estimate of drug-likeness (QED) is 0.462. The van der Waals surface area contributed by atoms with Gasteiger partial charge < -0.3 is 14.7 Å². The Bertz CT molecular complexity index is 1340. The number of nitrogens with one attached hydrogen (secondary N) is 2. The Morgan fingerprint density at radius 1 is 1.09 bits per heavy atom. The van der Waals surface area contributed by atoms with Crippen LogP contribution >= 0.6 is 0 Å². The summed E-state index contributed by atoms with van der Waals surface area (Å²) in [5.74, 6) is 1.02. The van der Waals surface area contributed by atoms with Crippen LogP contribution in [-0.2, 0) is 9.59 Å². The fourth-order valence-corrected chi connectivity index (χ4v) is 4.17. The van der Waals surface area contributed by atoms with Gasteiger partial charge >= 0.3 is 0 Å². The van der Waals surface area contributed by atoms with E-state index < -0.39 is 0 Å². The van der Waals surface area contributed by atoms with Gasteiger partial charge in [-0.1, -0.05) is 36.4 Å². The number of anilines is 1. The molecule has 1 aliphatic rings. The highest BCUT2D eigenvalue weighted by Crippen LogP contribution is 2.31. The van der Waals surface area contributed by atoms with Gasteiger partial charge in [0.05, 0.1) is 11.6 Å². The van der Waals surface area contributed by atoms with Crippen molar-refractivity contribution >= 4 is 34.1 Å². The minimum atomic E-state index is -0.281. The van der Waals surface area contributed by atoms with Crippen LogP contribution in [0.15, 0.2) is 82.4 Å². The molecule has 2 aromatic heterocycles. The number of aromatic nitrogens is 1. The number of amides is 2. The van der Waals surface area contributed by atoms with Crippen molar-refractivity contribution < 1.29 is 14.0 Å². The summed E-state index contributed by atoms with van der Waals surface area (Å²) in [5.41, 5.74) is 3.06. The number of carbonyl (C=O) groups is 2. The molecule has 0 saturated heterocycles. The maximum atomic E-state index is 13.0. The highest BCUT2D eigenvalue weighted by Gasteiger charge is 2.27. The highest BCUT2D eigenvalue weighted by atomic mass is 16.3. The molecule has 4 aromatic rings. The van der Waals surface area contributed by atoms with Gasteiger partial charge in [-0.2, -0.15) is 5.10 Å². The van der Waals surface area contributed by atoms with E-state index in [1.165, 1.54) is 5.01 Å². The van der Waals surface area contributed by atoms with Crippen LogP contribution in [0.3, 0.4) is 0 Å². The number of carbonyl (C=O) groups excluding carboxylic acids is 2. The van der Waals surface area contributed by atoms with Gasteiger partial charge in [0.25, 0.3) is 5.91 Å². The average Bonchev–Trinajstić information content (AvgIpc) is 3.47. The number of para-hydroxylation sites is 2. The zero-order valence-corrected chi connectivity index (χ0v) is 18.2. The molecule has 2 amide bonds. The maximum absolute atomic E-state index is 13.0. The number of hydrogen-bond acceptors (Lipinski definition) is 4. The summed E-state index contributed by atoms with van der Waals surface area (Å²) >= 11 is 0. The lowest BCUT2D eigenvalue weighted by atomic mass is 9.95. The van der Waals surface area contributed by atoms with Crippen LogP contribution in [0.1, 0.15) is 35.8 Å². The van der Waals surface area contributed by atoms with E-state index in [0.29, 0.717) is 24.4 Å². The van der Waals surface area contributed by atoms with Crippen LogP contribution in [0, 0.1) is 6.92 Å². The summed E-state index contributed by atoms with van der Waals surface area (Å²) in [6, 6.07) is 21.1. The molecule has 7 heteroatoms. The number of rotatable bonds is 6. The molecule has 0 saturated carbocycles. The number of aromatic amines is 1. The average molecular weight is 441 g/mol. The van der Waals surface area contributed by atoms with Crippen LogP contribution in [0.4, 0.5) is 5.69 Å². The van der Waals surface area contributed by atoms with Crippen molar-refractivity contribution in [2.45, 2.75) is 25.7 Å². The summed E-state index contributed by atoms with van der Waals surface area (Å²) in [7, 11) is 0. The minimum absolute atomic E-state index is 0.125. The second kappa shape index (κ2) is 8.78. The third kappa shape index (κ3) is 4.17. The fourth-order valence-electron chi connectivity index (χ4n) is 4.17. The molecule has 0 radical (unpaired) electrons. The van der Waals surface area contributed by atoms with Gasteiger partial charge in [-0.25, -0.2) is 5.01 Å². The number of H-pyrrole nitrogens is 1. The number of hydrogen-bond donors (Lipinski definition) is 2. The normalized spacial score (nSPS) is 14.9. The zero-order chi connectivity index (χ0) is 22.8. The molecule has 1 atom stereocenters. The topological polar surface area (TPSA) is 90.7 Å². The van der Waals surface area contributed by atoms with Gasteiger partial charge in [0.2, 0.25) is 5.91 Å². The van der Waals surface area contributed by atoms with Crippen LogP contribution < -0.4 is 10.3 Å². The Morgan fingerprint density at radius 3 is 2.67 bits per heavy atom. The first kappa shape index (κ1) is 20.8. The molecule has 33 heavy (non-hydrogen) atoms. The third-order valence-electron chi connectivity index (χ3n) is 5.86. The van der Waals surface area contributed by atoms with Crippen molar-refractivity contribution in [3.8, 4) is 0 Å². The largest absolute Gasteiger partial charge is 0.466 e. The highest BCUT2D eigenvalue weighted by molar-refractivity contribution is 6.40. The monoisotopic (exact) mass is 440 g/mol. The molecule has 2 N–H and O–H groups in total. The lowest BCUT2D eigenvalue weighted by molar-refractivity contribution is -0.118. The fraction of sp³-hybridized carbons (Fsp3) is 0.192. The standard InChI is InChI=1S/C26H24N4O3/c1-17-11-13-24(33-17)21(20-15-27-22-10-6-5-9-19(20)22)16-28-26(32)23-12-14-25(31)30(29-23)18-7-3-2-4-8-18/h2-11,13,15,21,27H,12,14,16H2,1H3,(H,28,32). The van der Waals surface area contributed by atoms with Crippen LogP contribution in [0.5, 0.6) is 0 Å². The Balaban J connectivity index is 1.39. The van der Waals surface area contributed by atoms with E-state index in [9.17, 15) is 9.59 Å². The first-order valence-electron chi connectivity index (χ1n) is 11.0. The van der Waals surface area contributed by atoms with Crippen molar-refractivity contribution in [2.75, 3.05) is 11.6 Å². The van der Waals surface area contributed by atoms with Crippen molar-refractivity contribution in [1.82, 2.24) is 10.3 Å². The summed E-state index contributed by atoms with van der Waals surface area (Å²) in [5, 5.41) is 9.77. The Labute approximate surface area is 191 Å². The van der Waals surface area contributed by atoms with E-state index in [-0.39, 0.29) is 24.2 Å². The first-order chi connectivity index (χ1) is 16.1. The van der Waals surface area contributed by atoms with Gasteiger partial charge in [0.15, 0.2) is 0 Å². The smallest absolute Gasteiger partial charge is 0.267 e.